The molecule has 2 aromatic carbocycles. The highest BCUT2D eigenvalue weighted by Crippen LogP contribution is 2.51. The van der Waals surface area contributed by atoms with Crippen molar-refractivity contribution in [3.63, 3.8) is 0 Å². The van der Waals surface area contributed by atoms with Gasteiger partial charge < -0.3 is 0 Å². The molecule has 7 heteroatoms. The molecule has 1 fully saturated rings. The molecular formula is C21H17ClN4O2. The summed E-state index contributed by atoms with van der Waals surface area (Å²) in [6, 6.07) is 11.6. The topological polar surface area (TPSA) is 84.0 Å². The normalized spacial score (nSPS) is 19.5. The summed E-state index contributed by atoms with van der Waals surface area (Å²) in [5, 5.41) is 0.539. The van der Waals surface area contributed by atoms with Crippen LogP contribution in [0.1, 0.15) is 63.2 Å². The highest BCUT2D eigenvalue weighted by Gasteiger charge is 2.39. The largest absolute Gasteiger partial charge is 0.269 e. The molecule has 2 bridgehead atoms. The van der Waals surface area contributed by atoms with E-state index in [1.54, 1.807) is 36.4 Å². The van der Waals surface area contributed by atoms with Crippen molar-refractivity contribution in [2.24, 2.45) is 0 Å². The number of carbonyl (C=O) groups excluding carboxylic acids is 2. The molecule has 0 radical (unpaired) electrons. The van der Waals surface area contributed by atoms with E-state index in [0.717, 1.165) is 23.3 Å². The molecule has 5 rings (SSSR count). The number of rotatable bonds is 2. The van der Waals surface area contributed by atoms with Gasteiger partial charge in [0.2, 0.25) is 0 Å². The zero-order valence-electron chi connectivity index (χ0n) is 14.9. The second-order valence-electron chi connectivity index (χ2n) is 7.32. The van der Waals surface area contributed by atoms with Crippen molar-refractivity contribution in [3.8, 4) is 0 Å². The van der Waals surface area contributed by atoms with E-state index >= 15 is 0 Å². The van der Waals surface area contributed by atoms with Crippen LogP contribution in [0, 0.1) is 0 Å². The summed E-state index contributed by atoms with van der Waals surface area (Å²) < 4.78 is 0. The number of benzene rings is 2. The highest BCUT2D eigenvalue weighted by atomic mass is 35.5. The van der Waals surface area contributed by atoms with Crippen molar-refractivity contribution >= 4 is 34.4 Å². The van der Waals surface area contributed by atoms with E-state index in [-0.39, 0.29) is 0 Å². The molecule has 1 saturated carbocycles. The zero-order valence-corrected chi connectivity index (χ0v) is 15.7. The average Bonchev–Trinajstić information content (AvgIpc) is 3.32. The predicted molar refractivity (Wildman–Crippen MR) is 105 cm³/mol. The van der Waals surface area contributed by atoms with E-state index in [2.05, 4.69) is 10.9 Å². The molecular weight excluding hydrogens is 376 g/mol. The number of nitrogens with zero attached hydrogens (tertiary/aromatic N) is 2. The lowest BCUT2D eigenvalue weighted by Crippen LogP contribution is -2.41. The van der Waals surface area contributed by atoms with Crippen molar-refractivity contribution in [2.75, 3.05) is 0 Å². The van der Waals surface area contributed by atoms with E-state index in [9.17, 15) is 9.59 Å². The molecule has 1 heterocycles. The summed E-state index contributed by atoms with van der Waals surface area (Å²) in [5.41, 5.74) is 9.41. The molecule has 140 valence electrons. The first-order valence-corrected chi connectivity index (χ1v) is 9.64. The van der Waals surface area contributed by atoms with E-state index in [1.165, 1.54) is 12.8 Å². The minimum absolute atomic E-state index is 0.402. The number of hydrogen-bond donors (Lipinski definition) is 2. The van der Waals surface area contributed by atoms with Crippen LogP contribution >= 0.6 is 11.6 Å². The van der Waals surface area contributed by atoms with Gasteiger partial charge in [-0.3, -0.25) is 20.4 Å². The maximum absolute atomic E-state index is 12.4. The van der Waals surface area contributed by atoms with E-state index in [0.29, 0.717) is 33.5 Å². The third-order valence-corrected chi connectivity index (χ3v) is 5.84. The van der Waals surface area contributed by atoms with Crippen LogP contribution in [0.25, 0.3) is 11.0 Å². The van der Waals surface area contributed by atoms with Crippen LogP contribution in [-0.4, -0.2) is 21.8 Å². The first-order chi connectivity index (χ1) is 13.6. The van der Waals surface area contributed by atoms with Gasteiger partial charge in [0.05, 0.1) is 22.4 Å². The predicted octanol–water partition coefficient (Wildman–Crippen LogP) is 3.72. The molecule has 2 amide bonds. The molecule has 0 saturated heterocycles. The number of fused-ring (bicyclic) bond motifs is 6. The Balaban J connectivity index is 1.33. The molecule has 2 atom stereocenters. The van der Waals surface area contributed by atoms with Crippen LogP contribution < -0.4 is 10.9 Å². The van der Waals surface area contributed by atoms with Gasteiger partial charge in [-0.15, -0.1) is 0 Å². The van der Waals surface area contributed by atoms with Crippen molar-refractivity contribution in [2.45, 2.75) is 31.1 Å². The number of nitrogens with one attached hydrogen (secondary N) is 2. The summed E-state index contributed by atoms with van der Waals surface area (Å²) in [6.07, 6.45) is 3.52. The molecule has 28 heavy (non-hydrogen) atoms. The molecule has 0 aliphatic heterocycles. The van der Waals surface area contributed by atoms with Crippen LogP contribution in [0.15, 0.2) is 42.5 Å². The lowest BCUT2D eigenvalue weighted by Gasteiger charge is -2.14. The number of hydrogen-bond acceptors (Lipinski definition) is 4. The first kappa shape index (κ1) is 17.1. The Bertz CT molecular complexity index is 1110. The first-order valence-electron chi connectivity index (χ1n) is 9.26. The van der Waals surface area contributed by atoms with E-state index < -0.39 is 11.8 Å². The van der Waals surface area contributed by atoms with E-state index in [4.69, 9.17) is 21.6 Å². The van der Waals surface area contributed by atoms with Gasteiger partial charge in [0.25, 0.3) is 11.8 Å². The van der Waals surface area contributed by atoms with Crippen LogP contribution in [0.3, 0.4) is 0 Å². The van der Waals surface area contributed by atoms with Crippen molar-refractivity contribution in [1.82, 2.24) is 20.8 Å². The number of aromatic nitrogens is 2. The summed E-state index contributed by atoms with van der Waals surface area (Å²) in [7, 11) is 0. The zero-order chi connectivity index (χ0) is 19.3. The van der Waals surface area contributed by atoms with Crippen LogP contribution in [0.2, 0.25) is 5.02 Å². The molecule has 2 unspecified atom stereocenters. The molecule has 2 aliphatic rings. The van der Waals surface area contributed by atoms with Crippen molar-refractivity contribution in [1.29, 1.82) is 0 Å². The second-order valence-corrected chi connectivity index (χ2v) is 7.76. The number of amides is 2. The Morgan fingerprint density at radius 3 is 2.07 bits per heavy atom. The van der Waals surface area contributed by atoms with E-state index in [1.807, 2.05) is 6.07 Å². The standard InChI is InChI=1S/C21H17ClN4O2/c22-15-6-3-11(4-7-15)20(27)25-26-21(28)14-5-8-16-17(10-14)24-19-13-2-1-12(9-13)18(19)23-16/h3-8,10,12-13H,1-2,9H2,(H,25,27)(H,26,28). The third-order valence-electron chi connectivity index (χ3n) is 5.58. The van der Waals surface area contributed by atoms with Gasteiger partial charge in [-0.2, -0.15) is 0 Å². The van der Waals surface area contributed by atoms with Gasteiger partial charge in [-0.1, -0.05) is 11.6 Å². The molecule has 3 aromatic rings. The van der Waals surface area contributed by atoms with Crippen LogP contribution in [-0.2, 0) is 0 Å². The van der Waals surface area contributed by atoms with Gasteiger partial charge in [0, 0.05) is 28.0 Å². The summed E-state index contributed by atoms with van der Waals surface area (Å²) in [5.74, 6) is 0.225. The Morgan fingerprint density at radius 1 is 0.821 bits per heavy atom. The van der Waals surface area contributed by atoms with Gasteiger partial charge >= 0.3 is 0 Å². The fraction of sp³-hybridized carbons (Fsp3) is 0.238. The minimum Gasteiger partial charge on any atom is -0.267 e. The summed E-state index contributed by atoms with van der Waals surface area (Å²) >= 11 is 5.81. The Morgan fingerprint density at radius 2 is 1.39 bits per heavy atom. The Kier molecular flexibility index (Phi) is 4.02. The Labute approximate surface area is 166 Å². The third kappa shape index (κ3) is 2.90. The molecule has 2 aliphatic carbocycles. The van der Waals surface area contributed by atoms with Gasteiger partial charge in [-0.25, -0.2) is 9.97 Å². The lowest BCUT2D eigenvalue weighted by molar-refractivity contribution is 0.0847. The van der Waals surface area contributed by atoms with Gasteiger partial charge in [0.1, 0.15) is 0 Å². The number of hydrazine groups is 1. The summed E-state index contributed by atoms with van der Waals surface area (Å²) in [4.78, 5) is 34.1. The van der Waals surface area contributed by atoms with Crippen LogP contribution in [0.5, 0.6) is 0 Å². The maximum atomic E-state index is 12.4. The fourth-order valence-electron chi connectivity index (χ4n) is 4.16. The highest BCUT2D eigenvalue weighted by molar-refractivity contribution is 6.30. The van der Waals surface area contributed by atoms with Crippen molar-refractivity contribution < 1.29 is 9.59 Å². The molecule has 6 nitrogen and oxygen atoms in total. The molecule has 1 aromatic heterocycles. The average molecular weight is 393 g/mol. The fourth-order valence-corrected chi connectivity index (χ4v) is 4.29. The van der Waals surface area contributed by atoms with Gasteiger partial charge in [-0.05, 0) is 61.7 Å². The van der Waals surface area contributed by atoms with Gasteiger partial charge in [0.15, 0.2) is 0 Å². The number of halogens is 1. The Hall–Kier alpha value is -2.99. The van der Waals surface area contributed by atoms with Crippen LogP contribution in [0.4, 0.5) is 0 Å². The van der Waals surface area contributed by atoms with Crippen molar-refractivity contribution in [3.05, 3.63) is 70.0 Å². The monoisotopic (exact) mass is 392 g/mol. The second kappa shape index (κ2) is 6.56. The maximum Gasteiger partial charge on any atom is 0.269 e. The molecule has 0 spiro atoms. The quantitative estimate of drug-likeness (QED) is 0.651. The minimum atomic E-state index is -0.417. The SMILES string of the molecule is O=C(NNC(=O)c1ccc2nc3c(nc2c1)C1CCC3C1)c1ccc(Cl)cc1. The molecule has 2 N–H and O–H groups in total. The lowest BCUT2D eigenvalue weighted by atomic mass is 10.00. The summed E-state index contributed by atoms with van der Waals surface area (Å²) in [6.45, 7) is 0. The number of carbonyl (C=O) groups is 2. The smallest absolute Gasteiger partial charge is 0.267 e.